The van der Waals surface area contributed by atoms with Crippen molar-refractivity contribution in [1.82, 2.24) is 0 Å². The lowest BCUT2D eigenvalue weighted by molar-refractivity contribution is 0.369. The van der Waals surface area contributed by atoms with Gasteiger partial charge in [-0.05, 0) is 19.3 Å². The van der Waals surface area contributed by atoms with Crippen LogP contribution in [0.15, 0.2) is 4.99 Å². The maximum Gasteiger partial charge on any atom is 0.186 e. The molecule has 0 saturated heterocycles. The Bertz CT molecular complexity index is 153. The molecule has 2 aliphatic rings. The van der Waals surface area contributed by atoms with Gasteiger partial charge in [0.05, 0.1) is 13.2 Å². The smallest absolute Gasteiger partial charge is 0.186 e. The summed E-state index contributed by atoms with van der Waals surface area (Å²) in [5.74, 6) is 1.69. The number of methoxy groups -OCH3 is 1. The number of hydrogen-bond acceptors (Lipinski definition) is 2. The first-order valence-corrected chi connectivity index (χ1v) is 3.52. The van der Waals surface area contributed by atoms with Crippen molar-refractivity contribution < 1.29 is 4.74 Å². The second kappa shape index (κ2) is 1.72. The van der Waals surface area contributed by atoms with Gasteiger partial charge in [-0.2, -0.15) is 0 Å². The fraction of sp³-hybridized carbons (Fsp3) is 0.857. The number of rotatable bonds is 0. The Hall–Kier alpha value is -0.530. The SMILES string of the molecule is COC1=N[C@H]2CC[C@@H]1C2. The number of hydrogen-bond donors (Lipinski definition) is 0. The highest BCUT2D eigenvalue weighted by molar-refractivity contribution is 5.81. The average molecular weight is 125 g/mol. The maximum absolute atomic E-state index is 5.10. The van der Waals surface area contributed by atoms with Crippen molar-refractivity contribution in [2.45, 2.75) is 25.3 Å². The summed E-state index contributed by atoms with van der Waals surface area (Å²) in [6, 6.07) is 0.616. The molecule has 9 heavy (non-hydrogen) atoms. The number of ether oxygens (including phenoxy) is 1. The Morgan fingerprint density at radius 1 is 1.56 bits per heavy atom. The Morgan fingerprint density at radius 2 is 2.44 bits per heavy atom. The molecule has 0 N–H and O–H groups in total. The summed E-state index contributed by atoms with van der Waals surface area (Å²) in [6.45, 7) is 0. The van der Waals surface area contributed by atoms with E-state index in [0.717, 1.165) is 5.90 Å². The van der Waals surface area contributed by atoms with Crippen molar-refractivity contribution in [3.63, 3.8) is 0 Å². The summed E-state index contributed by atoms with van der Waals surface area (Å²) in [6.07, 6.45) is 3.85. The molecule has 1 aliphatic carbocycles. The molecule has 1 saturated carbocycles. The molecule has 1 fully saturated rings. The third kappa shape index (κ3) is 0.655. The Labute approximate surface area is 54.9 Å². The van der Waals surface area contributed by atoms with Crippen LogP contribution in [0.3, 0.4) is 0 Å². The lowest BCUT2D eigenvalue weighted by Gasteiger charge is -2.08. The zero-order valence-electron chi connectivity index (χ0n) is 5.63. The molecule has 50 valence electrons. The van der Waals surface area contributed by atoms with E-state index in [2.05, 4.69) is 4.99 Å². The van der Waals surface area contributed by atoms with Gasteiger partial charge in [-0.15, -0.1) is 0 Å². The largest absolute Gasteiger partial charge is 0.484 e. The van der Waals surface area contributed by atoms with Crippen molar-refractivity contribution in [2.24, 2.45) is 10.9 Å². The lowest BCUT2D eigenvalue weighted by atomic mass is 10.1. The van der Waals surface area contributed by atoms with Crippen LogP contribution in [0.1, 0.15) is 19.3 Å². The predicted molar refractivity (Wildman–Crippen MR) is 35.6 cm³/mol. The summed E-state index contributed by atoms with van der Waals surface area (Å²) in [4.78, 5) is 4.37. The molecule has 0 spiro atoms. The second-order valence-corrected chi connectivity index (χ2v) is 2.84. The molecule has 2 heteroatoms. The first kappa shape index (κ1) is 5.27. The Kier molecular flexibility index (Phi) is 1.01. The molecule has 1 aliphatic heterocycles. The van der Waals surface area contributed by atoms with E-state index in [0.29, 0.717) is 12.0 Å². The zero-order chi connectivity index (χ0) is 6.27. The molecule has 0 amide bonds. The molecule has 2 rings (SSSR count). The summed E-state index contributed by atoms with van der Waals surface area (Å²) in [5.41, 5.74) is 0. The van der Waals surface area contributed by atoms with E-state index in [1.807, 2.05) is 0 Å². The highest BCUT2D eigenvalue weighted by atomic mass is 16.5. The molecule has 0 unspecified atom stereocenters. The van der Waals surface area contributed by atoms with Crippen LogP contribution in [0, 0.1) is 5.92 Å². The topological polar surface area (TPSA) is 21.6 Å². The number of aliphatic imine (C=N–C) groups is 1. The molecule has 0 aromatic rings. The van der Waals surface area contributed by atoms with Crippen LogP contribution < -0.4 is 0 Å². The fourth-order valence-corrected chi connectivity index (χ4v) is 1.80. The first-order chi connectivity index (χ1) is 4.40. The predicted octanol–water partition coefficient (Wildman–Crippen LogP) is 1.21. The van der Waals surface area contributed by atoms with E-state index in [1.54, 1.807) is 7.11 Å². The fourth-order valence-electron chi connectivity index (χ4n) is 1.80. The molecule has 2 nitrogen and oxygen atoms in total. The minimum absolute atomic E-state index is 0.616. The van der Waals surface area contributed by atoms with E-state index in [9.17, 15) is 0 Å². The van der Waals surface area contributed by atoms with Gasteiger partial charge in [0, 0.05) is 5.92 Å². The first-order valence-electron chi connectivity index (χ1n) is 3.52. The second-order valence-electron chi connectivity index (χ2n) is 2.84. The third-order valence-electron chi connectivity index (χ3n) is 2.27. The van der Waals surface area contributed by atoms with Crippen LogP contribution in [-0.4, -0.2) is 19.0 Å². The van der Waals surface area contributed by atoms with Gasteiger partial charge < -0.3 is 4.74 Å². The van der Waals surface area contributed by atoms with Crippen LogP contribution in [0.5, 0.6) is 0 Å². The van der Waals surface area contributed by atoms with Gasteiger partial charge in [-0.1, -0.05) is 0 Å². The Morgan fingerprint density at radius 3 is 2.78 bits per heavy atom. The third-order valence-corrected chi connectivity index (χ3v) is 2.27. The van der Waals surface area contributed by atoms with Crippen LogP contribution in [-0.2, 0) is 4.74 Å². The highest BCUT2D eigenvalue weighted by Crippen LogP contribution is 2.35. The van der Waals surface area contributed by atoms with E-state index < -0.39 is 0 Å². The van der Waals surface area contributed by atoms with Gasteiger partial charge in [0.2, 0.25) is 0 Å². The number of nitrogens with zero attached hydrogens (tertiary/aromatic N) is 1. The highest BCUT2D eigenvalue weighted by Gasteiger charge is 2.35. The molecular weight excluding hydrogens is 114 g/mol. The van der Waals surface area contributed by atoms with Crippen LogP contribution in [0.2, 0.25) is 0 Å². The van der Waals surface area contributed by atoms with Gasteiger partial charge in [-0.25, -0.2) is 0 Å². The molecular formula is C7H11NO. The molecule has 1 heterocycles. The van der Waals surface area contributed by atoms with Gasteiger partial charge in [0.15, 0.2) is 5.90 Å². The Balaban J connectivity index is 2.18. The zero-order valence-corrected chi connectivity index (χ0v) is 5.63. The molecule has 2 atom stereocenters. The summed E-state index contributed by atoms with van der Waals surface area (Å²) >= 11 is 0. The monoisotopic (exact) mass is 125 g/mol. The summed E-state index contributed by atoms with van der Waals surface area (Å²) in [5, 5.41) is 0. The molecule has 0 aromatic carbocycles. The van der Waals surface area contributed by atoms with Crippen LogP contribution in [0.4, 0.5) is 0 Å². The van der Waals surface area contributed by atoms with E-state index in [1.165, 1.54) is 19.3 Å². The van der Waals surface area contributed by atoms with Crippen LogP contribution >= 0.6 is 0 Å². The number of fused-ring (bicyclic) bond motifs is 2. The average Bonchev–Trinajstić information content (AvgIpc) is 2.45. The van der Waals surface area contributed by atoms with Crippen molar-refractivity contribution in [2.75, 3.05) is 7.11 Å². The van der Waals surface area contributed by atoms with Crippen LogP contribution in [0.25, 0.3) is 0 Å². The minimum atomic E-state index is 0.616. The van der Waals surface area contributed by atoms with Gasteiger partial charge in [0.25, 0.3) is 0 Å². The van der Waals surface area contributed by atoms with Crippen molar-refractivity contribution >= 4 is 5.90 Å². The minimum Gasteiger partial charge on any atom is -0.484 e. The van der Waals surface area contributed by atoms with E-state index in [-0.39, 0.29) is 0 Å². The molecule has 0 aromatic heterocycles. The molecule has 0 radical (unpaired) electrons. The maximum atomic E-state index is 5.10. The van der Waals surface area contributed by atoms with Gasteiger partial charge >= 0.3 is 0 Å². The van der Waals surface area contributed by atoms with E-state index >= 15 is 0 Å². The van der Waals surface area contributed by atoms with E-state index in [4.69, 9.17) is 4.74 Å². The van der Waals surface area contributed by atoms with Crippen molar-refractivity contribution in [1.29, 1.82) is 0 Å². The quantitative estimate of drug-likeness (QED) is 0.477. The standard InChI is InChI=1S/C7H11NO/c1-9-7-5-2-3-6(4-5)8-7/h5-6H,2-4H2,1H3/t5-,6+/m1/s1. The van der Waals surface area contributed by atoms with Gasteiger partial charge in [-0.3, -0.25) is 4.99 Å². The van der Waals surface area contributed by atoms with Crippen molar-refractivity contribution in [3.05, 3.63) is 0 Å². The normalized spacial score (nSPS) is 39.0. The molecule has 2 bridgehead atoms. The summed E-state index contributed by atoms with van der Waals surface area (Å²) in [7, 11) is 1.72. The lowest BCUT2D eigenvalue weighted by Crippen LogP contribution is -2.10. The summed E-state index contributed by atoms with van der Waals surface area (Å²) < 4.78 is 5.10. The van der Waals surface area contributed by atoms with Gasteiger partial charge in [0.1, 0.15) is 0 Å². The van der Waals surface area contributed by atoms with Crippen molar-refractivity contribution in [3.8, 4) is 0 Å².